The molecule has 0 bridgehead atoms. The highest BCUT2D eigenvalue weighted by atomic mass is 16.3. The normalized spacial score (nSPS) is 14.0. The van der Waals surface area contributed by atoms with E-state index in [1.165, 1.54) is 12.0 Å². The summed E-state index contributed by atoms with van der Waals surface area (Å²) in [5.41, 5.74) is 8.86. The van der Waals surface area contributed by atoms with Gasteiger partial charge in [-0.25, -0.2) is 4.98 Å². The first-order valence-corrected chi connectivity index (χ1v) is 6.26. The van der Waals surface area contributed by atoms with Gasteiger partial charge in [-0.3, -0.25) is 0 Å². The van der Waals surface area contributed by atoms with Crippen LogP contribution in [0.4, 0.5) is 0 Å². The summed E-state index contributed by atoms with van der Waals surface area (Å²) in [6.45, 7) is 5.05. The number of hydrogen-bond donors (Lipinski definition) is 2. The van der Waals surface area contributed by atoms with Crippen LogP contribution < -0.4 is 11.1 Å². The second-order valence-corrected chi connectivity index (χ2v) is 5.49. The lowest BCUT2D eigenvalue weighted by molar-refractivity contribution is 0.299. The highest BCUT2D eigenvalue weighted by Gasteiger charge is 2.22. The van der Waals surface area contributed by atoms with E-state index in [9.17, 15) is 0 Å². The molecule has 0 aliphatic heterocycles. The smallest absolute Gasteiger partial charge is 0.181 e. The monoisotopic (exact) mass is 247 g/mol. The van der Waals surface area contributed by atoms with E-state index >= 15 is 0 Å². The Balaban J connectivity index is 2.26. The maximum absolute atomic E-state index is 5.81. The van der Waals surface area contributed by atoms with Crippen LogP contribution in [0, 0.1) is 5.41 Å². The third-order valence-electron chi connectivity index (χ3n) is 3.42. The lowest BCUT2D eigenvalue weighted by Gasteiger charge is -2.28. The van der Waals surface area contributed by atoms with Crippen LogP contribution in [0.15, 0.2) is 29.0 Å². The van der Waals surface area contributed by atoms with Crippen molar-refractivity contribution >= 4 is 11.1 Å². The van der Waals surface area contributed by atoms with Crippen LogP contribution in [0.3, 0.4) is 0 Å². The van der Waals surface area contributed by atoms with E-state index < -0.39 is 0 Å². The first kappa shape index (κ1) is 13.1. The third-order valence-corrected chi connectivity index (χ3v) is 3.42. The highest BCUT2D eigenvalue weighted by molar-refractivity contribution is 5.72. The molecular formula is C14H21N3O. The van der Waals surface area contributed by atoms with Crippen molar-refractivity contribution in [3.05, 3.63) is 30.2 Å². The Morgan fingerprint density at radius 2 is 2.22 bits per heavy atom. The van der Waals surface area contributed by atoms with Gasteiger partial charge in [0.15, 0.2) is 12.0 Å². The summed E-state index contributed by atoms with van der Waals surface area (Å²) < 4.78 is 5.35. The van der Waals surface area contributed by atoms with Crippen molar-refractivity contribution in [3.8, 4) is 0 Å². The maximum atomic E-state index is 5.81. The SMILES string of the molecule is CNC(CC(C)(C)CN)c1ccc2ncoc2c1. The van der Waals surface area contributed by atoms with E-state index in [0.717, 1.165) is 17.5 Å². The number of oxazole rings is 1. The highest BCUT2D eigenvalue weighted by Crippen LogP contribution is 2.30. The first-order valence-electron chi connectivity index (χ1n) is 6.26. The Labute approximate surface area is 108 Å². The molecule has 0 amide bonds. The van der Waals surface area contributed by atoms with Gasteiger partial charge >= 0.3 is 0 Å². The minimum absolute atomic E-state index is 0.115. The van der Waals surface area contributed by atoms with Crippen molar-refractivity contribution < 1.29 is 4.42 Å². The van der Waals surface area contributed by atoms with Crippen LogP contribution in [0.2, 0.25) is 0 Å². The summed E-state index contributed by atoms with van der Waals surface area (Å²) in [5.74, 6) is 0. The number of rotatable bonds is 5. The molecule has 0 fully saturated rings. The predicted molar refractivity (Wildman–Crippen MR) is 73.3 cm³/mol. The summed E-state index contributed by atoms with van der Waals surface area (Å²) in [7, 11) is 1.97. The molecule has 3 N–H and O–H groups in total. The molecule has 0 aliphatic rings. The van der Waals surface area contributed by atoms with Crippen molar-refractivity contribution in [3.63, 3.8) is 0 Å². The Morgan fingerprint density at radius 3 is 2.89 bits per heavy atom. The zero-order valence-electron chi connectivity index (χ0n) is 11.2. The van der Waals surface area contributed by atoms with Gasteiger partial charge in [0.05, 0.1) is 0 Å². The van der Waals surface area contributed by atoms with Crippen molar-refractivity contribution in [1.29, 1.82) is 0 Å². The van der Waals surface area contributed by atoms with E-state index in [1.807, 2.05) is 13.1 Å². The molecule has 2 rings (SSSR count). The minimum atomic E-state index is 0.115. The van der Waals surface area contributed by atoms with Gasteiger partial charge in [0.2, 0.25) is 0 Å². The summed E-state index contributed by atoms with van der Waals surface area (Å²) >= 11 is 0. The summed E-state index contributed by atoms with van der Waals surface area (Å²) in [5, 5.41) is 3.35. The number of nitrogens with two attached hydrogens (primary N) is 1. The Bertz CT molecular complexity index is 518. The molecule has 0 saturated carbocycles. The molecule has 4 heteroatoms. The molecule has 1 aromatic carbocycles. The second kappa shape index (κ2) is 5.08. The molecule has 0 saturated heterocycles. The fourth-order valence-electron chi connectivity index (χ4n) is 2.11. The van der Waals surface area contributed by atoms with Crippen LogP contribution >= 0.6 is 0 Å². The lowest BCUT2D eigenvalue weighted by atomic mass is 9.83. The second-order valence-electron chi connectivity index (χ2n) is 5.49. The van der Waals surface area contributed by atoms with E-state index in [4.69, 9.17) is 10.2 Å². The van der Waals surface area contributed by atoms with E-state index in [0.29, 0.717) is 6.54 Å². The zero-order valence-corrected chi connectivity index (χ0v) is 11.2. The molecule has 18 heavy (non-hydrogen) atoms. The standard InChI is InChI=1S/C14H21N3O/c1-14(2,8-15)7-12(16-3)10-4-5-11-13(6-10)18-9-17-11/h4-6,9,12,16H,7-8,15H2,1-3H3. The number of benzene rings is 1. The summed E-state index contributed by atoms with van der Waals surface area (Å²) in [4.78, 5) is 4.13. The van der Waals surface area contributed by atoms with E-state index in [1.54, 1.807) is 0 Å². The molecule has 2 aromatic rings. The molecule has 0 spiro atoms. The maximum Gasteiger partial charge on any atom is 0.181 e. The van der Waals surface area contributed by atoms with Gasteiger partial charge < -0.3 is 15.5 Å². The van der Waals surface area contributed by atoms with Crippen LogP contribution in [0.25, 0.3) is 11.1 Å². The number of aromatic nitrogens is 1. The summed E-state index contributed by atoms with van der Waals surface area (Å²) in [6.07, 6.45) is 2.46. The largest absolute Gasteiger partial charge is 0.443 e. The van der Waals surface area contributed by atoms with Gasteiger partial charge in [0, 0.05) is 6.04 Å². The van der Waals surface area contributed by atoms with Crippen LogP contribution in [0.1, 0.15) is 31.9 Å². The zero-order chi connectivity index (χ0) is 13.2. The van der Waals surface area contributed by atoms with Gasteiger partial charge in [-0.05, 0) is 43.1 Å². The number of nitrogens with one attached hydrogen (secondary N) is 1. The molecular weight excluding hydrogens is 226 g/mol. The fraction of sp³-hybridized carbons (Fsp3) is 0.500. The number of hydrogen-bond acceptors (Lipinski definition) is 4. The molecule has 1 aromatic heterocycles. The van der Waals surface area contributed by atoms with E-state index in [-0.39, 0.29) is 11.5 Å². The van der Waals surface area contributed by atoms with Gasteiger partial charge in [0.25, 0.3) is 0 Å². The van der Waals surface area contributed by atoms with E-state index in [2.05, 4.69) is 36.3 Å². The van der Waals surface area contributed by atoms with Gasteiger partial charge in [-0.1, -0.05) is 19.9 Å². The van der Waals surface area contributed by atoms with Gasteiger partial charge in [-0.2, -0.15) is 0 Å². The fourth-order valence-corrected chi connectivity index (χ4v) is 2.11. The quantitative estimate of drug-likeness (QED) is 0.852. The van der Waals surface area contributed by atoms with Crippen LogP contribution in [0.5, 0.6) is 0 Å². The molecule has 0 aliphatic carbocycles. The number of fused-ring (bicyclic) bond motifs is 1. The van der Waals surface area contributed by atoms with Crippen molar-refractivity contribution in [1.82, 2.24) is 10.3 Å². The van der Waals surface area contributed by atoms with Crippen LogP contribution in [-0.4, -0.2) is 18.6 Å². The Morgan fingerprint density at radius 1 is 1.44 bits per heavy atom. The Kier molecular flexibility index (Phi) is 3.68. The average Bonchev–Trinajstić information content (AvgIpc) is 2.83. The minimum Gasteiger partial charge on any atom is -0.443 e. The first-order chi connectivity index (χ1) is 8.55. The molecule has 0 radical (unpaired) electrons. The molecule has 1 unspecified atom stereocenters. The van der Waals surface area contributed by atoms with Crippen molar-refractivity contribution in [2.75, 3.05) is 13.6 Å². The molecule has 1 atom stereocenters. The lowest BCUT2D eigenvalue weighted by Crippen LogP contribution is -2.30. The van der Waals surface area contributed by atoms with Crippen LogP contribution in [-0.2, 0) is 0 Å². The summed E-state index contributed by atoms with van der Waals surface area (Å²) in [6, 6.07) is 6.42. The topological polar surface area (TPSA) is 64.1 Å². The van der Waals surface area contributed by atoms with Gasteiger partial charge in [0.1, 0.15) is 5.52 Å². The third kappa shape index (κ3) is 2.71. The molecule has 98 valence electrons. The molecule has 1 heterocycles. The Hall–Kier alpha value is -1.39. The van der Waals surface area contributed by atoms with Crippen molar-refractivity contribution in [2.45, 2.75) is 26.3 Å². The van der Waals surface area contributed by atoms with Gasteiger partial charge in [-0.15, -0.1) is 0 Å². The number of nitrogens with zero attached hydrogens (tertiary/aromatic N) is 1. The average molecular weight is 247 g/mol. The molecule has 4 nitrogen and oxygen atoms in total. The van der Waals surface area contributed by atoms with Crippen molar-refractivity contribution in [2.24, 2.45) is 11.1 Å². The predicted octanol–water partition coefficient (Wildman–Crippen LogP) is 2.46.